The first kappa shape index (κ1) is 13.9. The fraction of sp³-hybridized carbons (Fsp3) is 0.308. The zero-order valence-electron chi connectivity index (χ0n) is 9.51. The lowest BCUT2D eigenvalue weighted by Crippen LogP contribution is -2.29. The lowest BCUT2D eigenvalue weighted by Gasteiger charge is -2.21. The molecule has 3 nitrogen and oxygen atoms in total. The number of nitrogens with zero attached hydrogens (tertiary/aromatic N) is 2. The number of hydrogen-bond acceptors (Lipinski definition) is 3. The van der Waals surface area contributed by atoms with E-state index in [0.717, 1.165) is 10.0 Å². The molecule has 0 spiro atoms. The standard InChI is InChI=1S/C13H15BrN2O/c1-2-8-16(9-7-15)10-13(17)11-3-5-12(14)6-4-11/h2-6,13,17H,1,8-10H2. The summed E-state index contributed by atoms with van der Waals surface area (Å²) in [5.41, 5.74) is 0.847. The van der Waals surface area contributed by atoms with Gasteiger partial charge in [0.1, 0.15) is 0 Å². The van der Waals surface area contributed by atoms with Gasteiger partial charge in [0.2, 0.25) is 0 Å². The van der Waals surface area contributed by atoms with Gasteiger partial charge in [0.05, 0.1) is 18.7 Å². The Kier molecular flexibility index (Phi) is 5.92. The molecule has 1 N–H and O–H groups in total. The molecule has 0 saturated heterocycles. The Labute approximate surface area is 110 Å². The summed E-state index contributed by atoms with van der Waals surface area (Å²) in [6.45, 7) is 4.96. The molecule has 1 rings (SSSR count). The van der Waals surface area contributed by atoms with Gasteiger partial charge in [-0.1, -0.05) is 34.1 Å². The zero-order chi connectivity index (χ0) is 12.7. The van der Waals surface area contributed by atoms with Crippen LogP contribution in [0.3, 0.4) is 0 Å². The van der Waals surface area contributed by atoms with Crippen molar-refractivity contribution < 1.29 is 5.11 Å². The van der Waals surface area contributed by atoms with E-state index in [-0.39, 0.29) is 0 Å². The van der Waals surface area contributed by atoms with Gasteiger partial charge in [-0.2, -0.15) is 5.26 Å². The predicted octanol–water partition coefficient (Wildman–Crippen LogP) is 2.49. The normalized spacial score (nSPS) is 12.1. The highest BCUT2D eigenvalue weighted by Crippen LogP contribution is 2.17. The summed E-state index contributed by atoms with van der Waals surface area (Å²) in [6, 6.07) is 9.59. The Balaban J connectivity index is 2.63. The van der Waals surface area contributed by atoms with Crippen molar-refractivity contribution in [2.75, 3.05) is 19.6 Å². The fourth-order valence-electron chi connectivity index (χ4n) is 1.52. The molecular weight excluding hydrogens is 280 g/mol. The van der Waals surface area contributed by atoms with Gasteiger partial charge in [0, 0.05) is 17.6 Å². The van der Waals surface area contributed by atoms with Gasteiger partial charge in [-0.25, -0.2) is 0 Å². The average Bonchev–Trinajstić information content (AvgIpc) is 2.30. The summed E-state index contributed by atoms with van der Waals surface area (Å²) in [5, 5.41) is 18.7. The Bertz CT molecular complexity index is 397. The Morgan fingerprint density at radius 1 is 1.47 bits per heavy atom. The summed E-state index contributed by atoms with van der Waals surface area (Å²) in [5.74, 6) is 0. The summed E-state index contributed by atoms with van der Waals surface area (Å²) in [7, 11) is 0. The molecule has 0 aliphatic carbocycles. The summed E-state index contributed by atoms with van der Waals surface area (Å²) in [6.07, 6.45) is 1.14. The minimum Gasteiger partial charge on any atom is -0.387 e. The van der Waals surface area contributed by atoms with Crippen LogP contribution in [0, 0.1) is 11.3 Å². The quantitative estimate of drug-likeness (QED) is 0.648. The van der Waals surface area contributed by atoms with Crippen LogP contribution in [-0.4, -0.2) is 29.6 Å². The van der Waals surface area contributed by atoms with Gasteiger partial charge < -0.3 is 5.11 Å². The van der Waals surface area contributed by atoms with Crippen molar-refractivity contribution in [2.45, 2.75) is 6.10 Å². The number of benzene rings is 1. The highest BCUT2D eigenvalue weighted by Gasteiger charge is 2.12. The number of nitriles is 1. The van der Waals surface area contributed by atoms with Gasteiger partial charge in [-0.05, 0) is 17.7 Å². The fourth-order valence-corrected chi connectivity index (χ4v) is 1.79. The van der Waals surface area contributed by atoms with Gasteiger partial charge in [-0.3, -0.25) is 4.90 Å². The van der Waals surface area contributed by atoms with E-state index in [1.165, 1.54) is 0 Å². The van der Waals surface area contributed by atoms with Gasteiger partial charge in [0.15, 0.2) is 0 Å². The Morgan fingerprint density at radius 2 is 2.12 bits per heavy atom. The molecule has 17 heavy (non-hydrogen) atoms. The molecule has 1 aromatic carbocycles. The topological polar surface area (TPSA) is 47.3 Å². The van der Waals surface area contributed by atoms with Crippen molar-refractivity contribution in [1.82, 2.24) is 4.90 Å². The highest BCUT2D eigenvalue weighted by atomic mass is 79.9. The van der Waals surface area contributed by atoms with Crippen molar-refractivity contribution in [3.8, 4) is 6.07 Å². The second-order valence-corrected chi connectivity index (χ2v) is 4.62. The van der Waals surface area contributed by atoms with Crippen LogP contribution in [0.4, 0.5) is 0 Å². The third kappa shape index (κ3) is 4.70. The molecular formula is C13H15BrN2O. The molecule has 0 heterocycles. The largest absolute Gasteiger partial charge is 0.387 e. The molecule has 4 heteroatoms. The van der Waals surface area contributed by atoms with Crippen LogP contribution >= 0.6 is 15.9 Å². The first-order chi connectivity index (χ1) is 8.17. The summed E-state index contributed by atoms with van der Waals surface area (Å²) < 4.78 is 0.980. The van der Waals surface area contributed by atoms with Crippen molar-refractivity contribution >= 4 is 15.9 Å². The minimum absolute atomic E-state index is 0.291. The molecule has 0 aliphatic heterocycles. The predicted molar refractivity (Wildman–Crippen MR) is 71.4 cm³/mol. The minimum atomic E-state index is -0.587. The van der Waals surface area contributed by atoms with Gasteiger partial charge >= 0.3 is 0 Å². The Hall–Kier alpha value is -1.15. The lowest BCUT2D eigenvalue weighted by atomic mass is 10.1. The smallest absolute Gasteiger partial charge is 0.0917 e. The van der Waals surface area contributed by atoms with E-state index < -0.39 is 6.10 Å². The van der Waals surface area contributed by atoms with E-state index >= 15 is 0 Å². The van der Waals surface area contributed by atoms with Crippen LogP contribution < -0.4 is 0 Å². The van der Waals surface area contributed by atoms with Crippen LogP contribution in [0.5, 0.6) is 0 Å². The lowest BCUT2D eigenvalue weighted by molar-refractivity contribution is 0.126. The zero-order valence-corrected chi connectivity index (χ0v) is 11.1. The molecule has 1 unspecified atom stereocenters. The number of halogens is 1. The first-order valence-corrected chi connectivity index (χ1v) is 6.10. The second kappa shape index (κ2) is 7.23. The van der Waals surface area contributed by atoms with Crippen molar-refractivity contribution in [3.63, 3.8) is 0 Å². The summed E-state index contributed by atoms with van der Waals surface area (Å²) in [4.78, 5) is 1.85. The van der Waals surface area contributed by atoms with E-state index in [0.29, 0.717) is 19.6 Å². The van der Waals surface area contributed by atoms with E-state index in [9.17, 15) is 5.11 Å². The molecule has 1 atom stereocenters. The SMILES string of the molecule is C=CCN(CC#N)CC(O)c1ccc(Br)cc1. The van der Waals surface area contributed by atoms with Crippen molar-refractivity contribution in [3.05, 3.63) is 47.0 Å². The maximum atomic E-state index is 10.0. The number of aliphatic hydroxyl groups excluding tert-OH is 1. The number of rotatable bonds is 6. The molecule has 0 fully saturated rings. The van der Waals surface area contributed by atoms with Crippen LogP contribution in [0.15, 0.2) is 41.4 Å². The first-order valence-electron chi connectivity index (χ1n) is 5.31. The molecule has 1 aromatic rings. The number of aliphatic hydroxyl groups is 1. The van der Waals surface area contributed by atoms with E-state index in [4.69, 9.17) is 5.26 Å². The molecule has 0 aromatic heterocycles. The van der Waals surface area contributed by atoms with Crippen LogP contribution in [0.2, 0.25) is 0 Å². The number of hydrogen-bond donors (Lipinski definition) is 1. The molecule has 0 radical (unpaired) electrons. The summed E-state index contributed by atoms with van der Waals surface area (Å²) >= 11 is 3.35. The van der Waals surface area contributed by atoms with Gasteiger partial charge in [-0.15, -0.1) is 6.58 Å². The maximum Gasteiger partial charge on any atom is 0.0917 e. The van der Waals surface area contributed by atoms with Gasteiger partial charge in [0.25, 0.3) is 0 Å². The molecule has 0 saturated carbocycles. The third-order valence-corrected chi connectivity index (χ3v) is 2.90. The third-order valence-electron chi connectivity index (χ3n) is 2.37. The molecule has 0 aliphatic rings. The Morgan fingerprint density at radius 3 is 2.65 bits per heavy atom. The van der Waals surface area contributed by atoms with Crippen molar-refractivity contribution in [1.29, 1.82) is 5.26 Å². The maximum absolute atomic E-state index is 10.0. The van der Waals surface area contributed by atoms with E-state index in [2.05, 4.69) is 28.6 Å². The molecule has 90 valence electrons. The monoisotopic (exact) mass is 294 g/mol. The molecule has 0 bridgehead atoms. The van der Waals surface area contributed by atoms with Crippen LogP contribution in [0.1, 0.15) is 11.7 Å². The van der Waals surface area contributed by atoms with Crippen LogP contribution in [-0.2, 0) is 0 Å². The molecule has 0 amide bonds. The highest BCUT2D eigenvalue weighted by molar-refractivity contribution is 9.10. The average molecular weight is 295 g/mol. The second-order valence-electron chi connectivity index (χ2n) is 3.71. The van der Waals surface area contributed by atoms with Crippen molar-refractivity contribution in [2.24, 2.45) is 0 Å². The van der Waals surface area contributed by atoms with E-state index in [1.54, 1.807) is 6.08 Å². The van der Waals surface area contributed by atoms with E-state index in [1.807, 2.05) is 29.2 Å². The van der Waals surface area contributed by atoms with Crippen LogP contribution in [0.25, 0.3) is 0 Å².